The average Bonchev–Trinajstić information content (AvgIpc) is 2.93. The zero-order valence-electron chi connectivity index (χ0n) is 20.0. The molecule has 2 N–H and O–H groups in total. The van der Waals surface area contributed by atoms with Crippen LogP contribution in [0.4, 0.5) is 18.9 Å². The molecule has 1 heterocycles. The number of carbonyl (C=O) groups is 2. The number of nitrogens with one attached hydrogen (secondary N) is 1. The highest BCUT2D eigenvalue weighted by Crippen LogP contribution is 2.41. The fourth-order valence-corrected chi connectivity index (χ4v) is 3.89. The first-order chi connectivity index (χ1) is 18.3. The Morgan fingerprint density at radius 3 is 2.16 bits per heavy atom. The Balaban J connectivity index is 1.81. The van der Waals surface area contributed by atoms with Crippen LogP contribution in [0.25, 0.3) is 11.1 Å². The molecule has 1 amide bonds. The summed E-state index contributed by atoms with van der Waals surface area (Å²) in [5.74, 6) is -3.01. The molecule has 0 aliphatic rings. The molecule has 4 rings (SSSR count). The van der Waals surface area contributed by atoms with Gasteiger partial charge in [-0.05, 0) is 41.0 Å². The molecule has 0 saturated heterocycles. The highest BCUT2D eigenvalue weighted by atomic mass is 19.4. The molecular formula is C29H23F3N2O4. The van der Waals surface area contributed by atoms with Gasteiger partial charge in [0.15, 0.2) is 5.78 Å². The summed E-state index contributed by atoms with van der Waals surface area (Å²) in [7, 11) is 0. The second kappa shape index (κ2) is 11.7. The fourth-order valence-electron chi connectivity index (χ4n) is 3.89. The summed E-state index contributed by atoms with van der Waals surface area (Å²) in [6.07, 6.45) is -3.54. The van der Waals surface area contributed by atoms with Crippen LogP contribution in [0.5, 0.6) is 5.75 Å². The molecule has 9 heteroatoms. The molecule has 3 aromatic carbocycles. The Hall–Kier alpha value is -4.50. The molecule has 0 spiro atoms. The lowest BCUT2D eigenvalue weighted by Gasteiger charge is -2.21. The second-order valence-electron chi connectivity index (χ2n) is 8.31. The largest absolute Gasteiger partial charge is 0.493 e. The average molecular weight is 521 g/mol. The van der Waals surface area contributed by atoms with Gasteiger partial charge in [0.05, 0.1) is 12.3 Å². The fraction of sp³-hybridized carbons (Fsp3) is 0.138. The highest BCUT2D eigenvalue weighted by molar-refractivity contribution is 6.12. The first-order valence-electron chi connectivity index (χ1n) is 11.6. The number of aliphatic hydroxyl groups excluding tert-OH is 1. The summed E-state index contributed by atoms with van der Waals surface area (Å²) in [6.45, 7) is 0.175. The third kappa shape index (κ3) is 6.24. The molecule has 6 nitrogen and oxygen atoms in total. The van der Waals surface area contributed by atoms with Gasteiger partial charge in [0.2, 0.25) is 0 Å². The number of carbonyl (C=O) groups excluding carboxylic acids is 2. The second-order valence-corrected chi connectivity index (χ2v) is 8.31. The van der Waals surface area contributed by atoms with Gasteiger partial charge in [-0.25, -0.2) is 0 Å². The number of rotatable bonds is 9. The number of hydrogen-bond donors (Lipinski definition) is 2. The quantitative estimate of drug-likeness (QED) is 0.273. The van der Waals surface area contributed by atoms with Gasteiger partial charge in [0.25, 0.3) is 0 Å². The van der Waals surface area contributed by atoms with Crippen molar-refractivity contribution < 1.29 is 32.6 Å². The standard InChI is InChI=1S/C29H23F3N2O4/c30-29(31,32)28(37)34-25-22(27(36)26(35)21-9-5-2-6-10-21)11-12-23(24(25)20-13-16-33-17-14-20)38-18-15-19-7-3-1-4-8-19/h1-14,16-17,26,35H,15,18H2,(H,34,37). The Morgan fingerprint density at radius 1 is 0.895 bits per heavy atom. The number of hydrogen-bond acceptors (Lipinski definition) is 5. The molecular weight excluding hydrogens is 497 g/mol. The van der Waals surface area contributed by atoms with E-state index in [9.17, 15) is 27.9 Å². The van der Waals surface area contributed by atoms with E-state index in [0.717, 1.165) is 5.56 Å². The molecule has 0 aliphatic carbocycles. The van der Waals surface area contributed by atoms with Crippen LogP contribution in [0.1, 0.15) is 27.6 Å². The van der Waals surface area contributed by atoms with Gasteiger partial charge in [0.1, 0.15) is 11.9 Å². The van der Waals surface area contributed by atoms with E-state index in [1.54, 1.807) is 18.2 Å². The first-order valence-corrected chi connectivity index (χ1v) is 11.6. The van der Waals surface area contributed by atoms with Crippen molar-refractivity contribution in [3.63, 3.8) is 0 Å². The van der Waals surface area contributed by atoms with E-state index >= 15 is 0 Å². The summed E-state index contributed by atoms with van der Waals surface area (Å²) in [5.41, 5.74) is 0.928. The SMILES string of the molecule is O=C(c1ccc(OCCc2ccccc2)c(-c2ccncc2)c1NC(=O)C(F)(F)F)C(O)c1ccccc1. The van der Waals surface area contributed by atoms with E-state index < -0.39 is 29.7 Å². The number of aromatic nitrogens is 1. The van der Waals surface area contributed by atoms with Crippen molar-refractivity contribution in [2.24, 2.45) is 0 Å². The van der Waals surface area contributed by atoms with Crippen LogP contribution in [-0.2, 0) is 11.2 Å². The monoisotopic (exact) mass is 520 g/mol. The number of Topliss-reactive ketones (excluding diaryl/α,β-unsaturated/α-hetero) is 1. The van der Waals surface area contributed by atoms with Crippen LogP contribution in [0, 0.1) is 0 Å². The molecule has 194 valence electrons. The summed E-state index contributed by atoms with van der Waals surface area (Å²) in [4.78, 5) is 29.4. The van der Waals surface area contributed by atoms with Crippen LogP contribution in [0.3, 0.4) is 0 Å². The number of alkyl halides is 3. The maximum Gasteiger partial charge on any atom is 0.471 e. The molecule has 1 unspecified atom stereocenters. The van der Waals surface area contributed by atoms with Gasteiger partial charge in [-0.15, -0.1) is 0 Å². The van der Waals surface area contributed by atoms with Crippen molar-refractivity contribution in [1.82, 2.24) is 4.98 Å². The minimum Gasteiger partial charge on any atom is -0.493 e. The maximum absolute atomic E-state index is 13.4. The maximum atomic E-state index is 13.4. The molecule has 0 radical (unpaired) electrons. The van der Waals surface area contributed by atoms with E-state index in [2.05, 4.69) is 4.98 Å². The summed E-state index contributed by atoms with van der Waals surface area (Å²) in [6, 6.07) is 23.1. The molecule has 0 saturated carbocycles. The van der Waals surface area contributed by atoms with E-state index in [1.165, 1.54) is 48.8 Å². The summed E-state index contributed by atoms with van der Waals surface area (Å²) < 4.78 is 45.9. The number of aliphatic hydroxyl groups is 1. The van der Waals surface area contributed by atoms with Crippen LogP contribution < -0.4 is 10.1 Å². The molecule has 38 heavy (non-hydrogen) atoms. The van der Waals surface area contributed by atoms with Crippen LogP contribution in [-0.4, -0.2) is 34.6 Å². The molecule has 0 aliphatic heterocycles. The Morgan fingerprint density at radius 2 is 1.53 bits per heavy atom. The van der Waals surface area contributed by atoms with Crippen molar-refractivity contribution in [3.8, 4) is 16.9 Å². The predicted octanol–water partition coefficient (Wildman–Crippen LogP) is 5.79. The molecule has 1 atom stereocenters. The number of ketones is 1. The van der Waals surface area contributed by atoms with E-state index in [-0.39, 0.29) is 29.0 Å². The predicted molar refractivity (Wildman–Crippen MR) is 136 cm³/mol. The normalized spacial score (nSPS) is 12.0. The number of benzene rings is 3. The van der Waals surface area contributed by atoms with Crippen molar-refractivity contribution in [2.75, 3.05) is 11.9 Å². The summed E-state index contributed by atoms with van der Waals surface area (Å²) >= 11 is 0. The lowest BCUT2D eigenvalue weighted by Crippen LogP contribution is -2.31. The van der Waals surface area contributed by atoms with Crippen LogP contribution >= 0.6 is 0 Å². The Labute approximate surface area is 216 Å². The topological polar surface area (TPSA) is 88.5 Å². The lowest BCUT2D eigenvalue weighted by atomic mass is 9.93. The van der Waals surface area contributed by atoms with Gasteiger partial charge < -0.3 is 15.2 Å². The molecule has 0 bridgehead atoms. The van der Waals surface area contributed by atoms with Crippen LogP contribution in [0.2, 0.25) is 0 Å². The van der Waals surface area contributed by atoms with Gasteiger partial charge in [-0.3, -0.25) is 14.6 Å². The van der Waals surface area contributed by atoms with Gasteiger partial charge >= 0.3 is 12.1 Å². The third-order valence-corrected chi connectivity index (χ3v) is 5.75. The zero-order chi connectivity index (χ0) is 27.1. The molecule has 1 aromatic heterocycles. The first kappa shape index (κ1) is 26.6. The minimum atomic E-state index is -5.22. The number of pyridine rings is 1. The number of anilines is 1. The molecule has 4 aromatic rings. The zero-order valence-corrected chi connectivity index (χ0v) is 20.0. The Bertz CT molecular complexity index is 1400. The minimum absolute atomic E-state index is 0.0594. The number of ether oxygens (including phenoxy) is 1. The molecule has 0 fully saturated rings. The van der Waals surface area contributed by atoms with Gasteiger partial charge in [-0.2, -0.15) is 13.2 Å². The number of halogens is 3. The highest BCUT2D eigenvalue weighted by Gasteiger charge is 2.40. The van der Waals surface area contributed by atoms with Crippen molar-refractivity contribution in [3.05, 3.63) is 114 Å². The van der Waals surface area contributed by atoms with E-state index in [1.807, 2.05) is 35.6 Å². The van der Waals surface area contributed by atoms with Crippen LogP contribution in [0.15, 0.2) is 97.3 Å². The van der Waals surface area contributed by atoms with Gasteiger partial charge in [-0.1, -0.05) is 60.7 Å². The van der Waals surface area contributed by atoms with Gasteiger partial charge in [0, 0.05) is 29.9 Å². The lowest BCUT2D eigenvalue weighted by molar-refractivity contribution is -0.167. The third-order valence-electron chi connectivity index (χ3n) is 5.75. The Kier molecular flexibility index (Phi) is 8.18. The van der Waals surface area contributed by atoms with Crippen molar-refractivity contribution >= 4 is 17.4 Å². The smallest absolute Gasteiger partial charge is 0.471 e. The summed E-state index contributed by atoms with van der Waals surface area (Å²) in [5, 5.41) is 12.6. The van der Waals surface area contributed by atoms with E-state index in [4.69, 9.17) is 4.74 Å². The van der Waals surface area contributed by atoms with E-state index in [0.29, 0.717) is 12.0 Å². The number of amides is 1. The van der Waals surface area contributed by atoms with Crippen molar-refractivity contribution in [2.45, 2.75) is 18.7 Å². The number of nitrogens with zero attached hydrogens (tertiary/aromatic N) is 1. The van der Waals surface area contributed by atoms with Crippen molar-refractivity contribution in [1.29, 1.82) is 0 Å².